The number of aliphatic hydroxyl groups excluding tert-OH is 1. The maximum absolute atomic E-state index is 13.8. The van der Waals surface area contributed by atoms with Crippen molar-refractivity contribution in [2.24, 2.45) is 5.41 Å². The number of carbonyl (C=O) groups is 2. The van der Waals surface area contributed by atoms with Gasteiger partial charge in [-0.15, -0.1) is 0 Å². The average molecular weight is 613 g/mol. The summed E-state index contributed by atoms with van der Waals surface area (Å²) >= 11 is 0.945. The number of hydrogen-bond donors (Lipinski definition) is 3. The molecule has 2 aromatic rings. The number of aromatic nitrogens is 2. The van der Waals surface area contributed by atoms with Crippen molar-refractivity contribution in [2.45, 2.75) is 51.4 Å². The molecule has 4 rings (SSSR count). The van der Waals surface area contributed by atoms with Gasteiger partial charge in [-0.25, -0.2) is 19.2 Å². The number of anilines is 1. The van der Waals surface area contributed by atoms with Crippen molar-refractivity contribution in [1.29, 1.82) is 0 Å². The first-order valence-electron chi connectivity index (χ1n) is 12.7. The molecule has 5 atom stereocenters. The smallest absolute Gasteiger partial charge is 0.424 e. The Balaban J connectivity index is 1.47. The highest BCUT2D eigenvalue weighted by molar-refractivity contribution is 8.13. The summed E-state index contributed by atoms with van der Waals surface area (Å²) in [6, 6.07) is 10.5. The summed E-state index contributed by atoms with van der Waals surface area (Å²) in [5, 5.41) is 12.0. The summed E-state index contributed by atoms with van der Waals surface area (Å²) in [5.74, 6) is 0.164. The molecule has 0 amide bonds. The molecule has 4 N–H and O–H groups in total. The maximum Gasteiger partial charge on any atom is 0.509 e. The van der Waals surface area contributed by atoms with Crippen LogP contribution in [0.2, 0.25) is 0 Å². The normalized spacial score (nSPS) is 25.3. The predicted octanol–water partition coefficient (Wildman–Crippen LogP) is 2.23. The molecule has 1 unspecified atom stereocenters. The van der Waals surface area contributed by atoms with Crippen molar-refractivity contribution in [3.63, 3.8) is 0 Å². The zero-order chi connectivity index (χ0) is 29.8. The highest BCUT2D eigenvalue weighted by Crippen LogP contribution is 2.49. The Morgan fingerprint density at radius 2 is 2.00 bits per heavy atom. The Bertz CT molecular complexity index is 1360. The third-order valence-corrected chi connectivity index (χ3v) is 9.32. The first kappa shape index (κ1) is 31.2. The van der Waals surface area contributed by atoms with E-state index in [0.717, 1.165) is 21.9 Å². The number of nitrogens with two attached hydrogens (primary N) is 1. The van der Waals surface area contributed by atoms with Gasteiger partial charge in [0.2, 0.25) is 0 Å². The molecule has 3 heterocycles. The van der Waals surface area contributed by atoms with Gasteiger partial charge in [0.05, 0.1) is 25.2 Å². The first-order chi connectivity index (χ1) is 19.4. The van der Waals surface area contributed by atoms with E-state index >= 15 is 0 Å². The minimum atomic E-state index is -4.01. The molecule has 2 aliphatic heterocycles. The Kier molecular flexibility index (Phi) is 9.59. The Morgan fingerprint density at radius 3 is 2.68 bits per heavy atom. The van der Waals surface area contributed by atoms with Gasteiger partial charge in [0.1, 0.15) is 11.9 Å². The molecule has 224 valence electrons. The summed E-state index contributed by atoms with van der Waals surface area (Å²) in [6.07, 6.45) is -2.75. The van der Waals surface area contributed by atoms with E-state index in [9.17, 15) is 24.1 Å². The van der Waals surface area contributed by atoms with Crippen LogP contribution in [0.25, 0.3) is 0 Å². The van der Waals surface area contributed by atoms with Gasteiger partial charge in [-0.2, -0.15) is 4.98 Å². The molecule has 0 saturated carbocycles. The van der Waals surface area contributed by atoms with E-state index < -0.39 is 49.0 Å². The van der Waals surface area contributed by atoms with Crippen molar-refractivity contribution in [3.8, 4) is 0 Å². The van der Waals surface area contributed by atoms with Crippen LogP contribution in [0, 0.1) is 5.41 Å². The maximum atomic E-state index is 13.8. The molecule has 2 saturated heterocycles. The number of aliphatic hydroxyl groups is 1. The van der Waals surface area contributed by atoms with Crippen molar-refractivity contribution in [1.82, 2.24) is 14.6 Å². The monoisotopic (exact) mass is 612 g/mol. The van der Waals surface area contributed by atoms with Crippen molar-refractivity contribution in [2.75, 3.05) is 31.3 Å². The number of benzene rings is 1. The average Bonchev–Trinajstić information content (AvgIpc) is 3.38. The summed E-state index contributed by atoms with van der Waals surface area (Å²) < 4.78 is 43.0. The van der Waals surface area contributed by atoms with Crippen LogP contribution in [0.4, 0.5) is 10.6 Å². The molecule has 16 heteroatoms. The van der Waals surface area contributed by atoms with E-state index in [1.807, 2.05) is 30.3 Å². The van der Waals surface area contributed by atoms with Crippen LogP contribution in [-0.2, 0) is 39.2 Å². The first-order valence-corrected chi connectivity index (χ1v) is 15.3. The number of hydrogen-bond acceptors (Lipinski definition) is 13. The second-order valence-corrected chi connectivity index (χ2v) is 13.2. The van der Waals surface area contributed by atoms with Crippen LogP contribution in [0.1, 0.15) is 32.6 Å². The number of ether oxygens (including phenoxy) is 3. The number of rotatable bonds is 13. The number of nitrogen functional groups attached to an aromatic ring is 1. The number of fused-ring (bicyclic) bond motifs is 1. The second-order valence-electron chi connectivity index (χ2n) is 10.3. The Labute approximate surface area is 240 Å². The van der Waals surface area contributed by atoms with Crippen molar-refractivity contribution in [3.05, 3.63) is 58.6 Å². The molecule has 1 aromatic carbocycles. The number of thioether (sulfide) groups is 1. The lowest BCUT2D eigenvalue weighted by Gasteiger charge is -2.26. The second kappa shape index (κ2) is 12.6. The molecule has 0 spiro atoms. The van der Waals surface area contributed by atoms with E-state index in [-0.39, 0.29) is 43.1 Å². The fraction of sp³-hybridized carbons (Fsp3) is 0.520. The van der Waals surface area contributed by atoms with Gasteiger partial charge in [-0.1, -0.05) is 42.1 Å². The lowest BCUT2D eigenvalue weighted by molar-refractivity contribution is -0.119. The summed E-state index contributed by atoms with van der Waals surface area (Å²) in [6.45, 7) is 4.13. The van der Waals surface area contributed by atoms with Gasteiger partial charge in [0, 0.05) is 18.5 Å². The molecule has 2 fully saturated rings. The van der Waals surface area contributed by atoms with Crippen LogP contribution in [0.5, 0.6) is 0 Å². The minimum Gasteiger partial charge on any atom is -0.424 e. The van der Waals surface area contributed by atoms with E-state index in [0.29, 0.717) is 0 Å². The molecule has 1 aromatic heterocycles. The van der Waals surface area contributed by atoms with Crippen LogP contribution in [0.15, 0.2) is 47.4 Å². The minimum absolute atomic E-state index is 0.00728. The molecule has 14 nitrogen and oxygen atoms in total. The molecular weight excluding hydrogens is 579 g/mol. The lowest BCUT2D eigenvalue weighted by Crippen LogP contribution is -2.44. The summed E-state index contributed by atoms with van der Waals surface area (Å²) in [4.78, 5) is 40.6. The van der Waals surface area contributed by atoms with E-state index in [4.69, 9.17) is 29.0 Å². The standard InChI is InChI=1S/C25H33N4O10PS/c1-24(2,15-30)21(31)41-12-11-35-40(34,27-13-16-7-5-4-6-8-16)36-14-17-19-25(3,39-23(33)38-19)20(37-17)29-10-9-18(26)28-22(29)32/h4-10,17,19-20,30H,11-15H2,1-3H3,(H,27,34)(H2,26,28,32)/t17-,19-,20-,25-,40?/m1/s1. The van der Waals surface area contributed by atoms with Gasteiger partial charge in [-0.05, 0) is 32.4 Å². The van der Waals surface area contributed by atoms with Gasteiger partial charge in [-0.3, -0.25) is 18.4 Å². The third kappa shape index (κ3) is 7.17. The fourth-order valence-corrected chi connectivity index (χ4v) is 6.44. The van der Waals surface area contributed by atoms with Crippen LogP contribution in [-0.4, -0.2) is 69.3 Å². The van der Waals surface area contributed by atoms with E-state index in [1.165, 1.54) is 12.3 Å². The SMILES string of the molecule is CC(C)(CO)C(=O)SCCOP(=O)(NCc1ccccc1)OC[C@H]1O[C@@H](n2ccc(N)nc2=O)[C@]2(C)OC(=O)O[C@H]12. The van der Waals surface area contributed by atoms with Crippen molar-refractivity contribution < 1.29 is 42.5 Å². The van der Waals surface area contributed by atoms with Gasteiger partial charge in [0.15, 0.2) is 23.0 Å². The van der Waals surface area contributed by atoms with Gasteiger partial charge in [0.25, 0.3) is 0 Å². The Hall–Kier alpha value is -2.78. The molecule has 0 aliphatic carbocycles. The van der Waals surface area contributed by atoms with E-state index in [2.05, 4.69) is 10.1 Å². The van der Waals surface area contributed by atoms with Crippen LogP contribution < -0.4 is 16.5 Å². The van der Waals surface area contributed by atoms with Crippen LogP contribution in [0.3, 0.4) is 0 Å². The highest BCUT2D eigenvalue weighted by Gasteiger charge is 2.64. The van der Waals surface area contributed by atoms with Gasteiger partial charge < -0.3 is 25.1 Å². The zero-order valence-electron chi connectivity index (χ0n) is 22.8. The number of carbonyl (C=O) groups excluding carboxylic acids is 2. The summed E-state index contributed by atoms with van der Waals surface area (Å²) in [7, 11) is -4.01. The number of nitrogens with zero attached hydrogens (tertiary/aromatic N) is 2. The molecular formula is C25H33N4O10PS. The largest absolute Gasteiger partial charge is 0.509 e. The highest BCUT2D eigenvalue weighted by atomic mass is 32.2. The third-order valence-electron chi connectivity index (χ3n) is 6.58. The fourth-order valence-electron chi connectivity index (χ4n) is 4.20. The topological polar surface area (TPSA) is 191 Å². The van der Waals surface area contributed by atoms with Crippen LogP contribution >= 0.6 is 19.5 Å². The predicted molar refractivity (Wildman–Crippen MR) is 148 cm³/mol. The zero-order valence-corrected chi connectivity index (χ0v) is 24.5. The quantitative estimate of drug-likeness (QED) is 0.169. The molecule has 0 radical (unpaired) electrons. The molecule has 2 aliphatic rings. The van der Waals surface area contributed by atoms with Crippen molar-refractivity contribution >= 4 is 36.6 Å². The summed E-state index contributed by atoms with van der Waals surface area (Å²) in [5.41, 5.74) is 3.33. The number of nitrogens with one attached hydrogen (secondary N) is 1. The Morgan fingerprint density at radius 1 is 1.27 bits per heavy atom. The van der Waals surface area contributed by atoms with Gasteiger partial charge >= 0.3 is 19.6 Å². The molecule has 0 bridgehead atoms. The molecule has 41 heavy (non-hydrogen) atoms. The lowest BCUT2D eigenvalue weighted by atomic mass is 9.96. The van der Waals surface area contributed by atoms with E-state index in [1.54, 1.807) is 20.8 Å².